The fraction of sp³-hybridized carbons (Fsp3) is 0.333. The van der Waals surface area contributed by atoms with Crippen molar-refractivity contribution in [2.24, 2.45) is 5.92 Å². The summed E-state index contributed by atoms with van der Waals surface area (Å²) in [6.45, 7) is 7.32. The summed E-state index contributed by atoms with van der Waals surface area (Å²) in [5, 5.41) is 0. The Morgan fingerprint density at radius 2 is 1.68 bits per heavy atom. The van der Waals surface area contributed by atoms with Gasteiger partial charge < -0.3 is 25.7 Å². The second-order valence-electron chi connectivity index (χ2n) is 7.65. The first kappa shape index (κ1) is 22.2. The third-order valence-corrected chi connectivity index (χ3v) is 4.69. The Labute approximate surface area is 183 Å². The second kappa shape index (κ2) is 10.0. The van der Waals surface area contributed by atoms with Crippen molar-refractivity contribution in [1.29, 1.82) is 0 Å². The van der Waals surface area contributed by atoms with Crippen molar-refractivity contribution in [2.75, 3.05) is 31.8 Å². The molecule has 0 aliphatic rings. The van der Waals surface area contributed by atoms with E-state index < -0.39 is 0 Å². The summed E-state index contributed by atoms with van der Waals surface area (Å²) in [4.78, 5) is 8.13. The molecule has 0 saturated carbocycles. The highest BCUT2D eigenvalue weighted by atomic mass is 16.5. The Kier molecular flexibility index (Phi) is 7.18. The van der Waals surface area contributed by atoms with Gasteiger partial charge in [-0.3, -0.25) is 0 Å². The highest BCUT2D eigenvalue weighted by molar-refractivity contribution is 5.78. The predicted octanol–water partition coefficient (Wildman–Crippen LogP) is 4.34. The van der Waals surface area contributed by atoms with Crippen LogP contribution in [0.25, 0.3) is 11.1 Å². The fourth-order valence-corrected chi connectivity index (χ4v) is 3.22. The van der Waals surface area contributed by atoms with E-state index >= 15 is 0 Å². The van der Waals surface area contributed by atoms with Gasteiger partial charge in [-0.1, -0.05) is 26.0 Å². The summed E-state index contributed by atoms with van der Waals surface area (Å²) in [6, 6.07) is 11.9. The SMILES string of the molecule is CCOc1cc(Cc2cnc(N)nc2N)cc(OCC(C)C)c1-c1ccc(OC)cc1. The van der Waals surface area contributed by atoms with E-state index in [1.807, 2.05) is 43.3 Å². The van der Waals surface area contributed by atoms with Gasteiger partial charge in [0.05, 0.1) is 25.9 Å². The van der Waals surface area contributed by atoms with Gasteiger partial charge in [-0.2, -0.15) is 4.98 Å². The lowest BCUT2D eigenvalue weighted by Gasteiger charge is -2.19. The van der Waals surface area contributed by atoms with Crippen LogP contribution in [-0.4, -0.2) is 30.3 Å². The fourth-order valence-electron chi connectivity index (χ4n) is 3.22. The van der Waals surface area contributed by atoms with Gasteiger partial charge in [0.2, 0.25) is 5.95 Å². The molecule has 1 aromatic heterocycles. The van der Waals surface area contributed by atoms with Crippen LogP contribution in [0, 0.1) is 5.92 Å². The molecule has 7 nitrogen and oxygen atoms in total. The highest BCUT2D eigenvalue weighted by Gasteiger charge is 2.17. The molecule has 0 aliphatic heterocycles. The zero-order valence-corrected chi connectivity index (χ0v) is 18.5. The van der Waals surface area contributed by atoms with Gasteiger partial charge in [0.15, 0.2) is 0 Å². The van der Waals surface area contributed by atoms with Crippen LogP contribution in [-0.2, 0) is 6.42 Å². The Morgan fingerprint density at radius 3 is 2.26 bits per heavy atom. The largest absolute Gasteiger partial charge is 0.497 e. The summed E-state index contributed by atoms with van der Waals surface area (Å²) >= 11 is 0. The predicted molar refractivity (Wildman–Crippen MR) is 124 cm³/mol. The van der Waals surface area contributed by atoms with Crippen LogP contribution in [0.2, 0.25) is 0 Å². The molecule has 3 aromatic rings. The minimum Gasteiger partial charge on any atom is -0.497 e. The number of nitrogens with zero attached hydrogens (tertiary/aromatic N) is 2. The molecule has 7 heteroatoms. The molecule has 1 heterocycles. The van der Waals surface area contributed by atoms with Crippen LogP contribution < -0.4 is 25.7 Å². The van der Waals surface area contributed by atoms with Crippen LogP contribution in [0.1, 0.15) is 31.9 Å². The van der Waals surface area contributed by atoms with Gasteiger partial charge in [-0.05, 0) is 48.2 Å². The smallest absolute Gasteiger partial charge is 0.221 e. The number of hydrogen-bond donors (Lipinski definition) is 2. The maximum Gasteiger partial charge on any atom is 0.221 e. The van der Waals surface area contributed by atoms with E-state index in [9.17, 15) is 0 Å². The third-order valence-electron chi connectivity index (χ3n) is 4.69. The minimum atomic E-state index is 0.159. The average Bonchev–Trinajstić information content (AvgIpc) is 2.74. The molecule has 0 spiro atoms. The lowest BCUT2D eigenvalue weighted by molar-refractivity contribution is 0.269. The molecule has 2 aromatic carbocycles. The van der Waals surface area contributed by atoms with E-state index in [1.54, 1.807) is 13.3 Å². The van der Waals surface area contributed by atoms with E-state index in [2.05, 4.69) is 23.8 Å². The van der Waals surface area contributed by atoms with E-state index in [0.29, 0.717) is 31.4 Å². The van der Waals surface area contributed by atoms with Crippen molar-refractivity contribution in [3.63, 3.8) is 0 Å². The molecule has 0 amide bonds. The average molecular weight is 423 g/mol. The summed E-state index contributed by atoms with van der Waals surface area (Å²) in [7, 11) is 1.65. The molecule has 0 radical (unpaired) electrons. The number of rotatable bonds is 9. The number of nitrogen functional groups attached to an aromatic ring is 2. The first-order chi connectivity index (χ1) is 14.9. The van der Waals surface area contributed by atoms with Gasteiger partial charge in [0, 0.05) is 18.2 Å². The Morgan fingerprint density at radius 1 is 1.00 bits per heavy atom. The Hall–Kier alpha value is -3.48. The first-order valence-corrected chi connectivity index (χ1v) is 10.3. The molecule has 0 saturated heterocycles. The number of anilines is 2. The van der Waals surface area contributed by atoms with Gasteiger partial charge in [-0.25, -0.2) is 4.98 Å². The van der Waals surface area contributed by atoms with E-state index in [-0.39, 0.29) is 5.95 Å². The maximum atomic E-state index is 6.23. The molecule has 0 unspecified atom stereocenters. The van der Waals surface area contributed by atoms with E-state index in [0.717, 1.165) is 39.5 Å². The number of nitrogens with two attached hydrogens (primary N) is 2. The summed E-state index contributed by atoms with van der Waals surface area (Å²) in [5.41, 5.74) is 15.4. The van der Waals surface area contributed by atoms with Crippen molar-refractivity contribution in [3.05, 3.63) is 53.7 Å². The lowest BCUT2D eigenvalue weighted by Crippen LogP contribution is -2.08. The first-order valence-electron chi connectivity index (χ1n) is 10.3. The lowest BCUT2D eigenvalue weighted by atomic mass is 9.98. The van der Waals surface area contributed by atoms with Crippen molar-refractivity contribution in [2.45, 2.75) is 27.2 Å². The third kappa shape index (κ3) is 5.57. The number of ether oxygens (including phenoxy) is 3. The normalized spacial score (nSPS) is 10.9. The molecule has 31 heavy (non-hydrogen) atoms. The Balaban J connectivity index is 2.08. The molecule has 3 rings (SSSR count). The van der Waals surface area contributed by atoms with Crippen molar-refractivity contribution in [3.8, 4) is 28.4 Å². The second-order valence-corrected chi connectivity index (χ2v) is 7.65. The van der Waals surface area contributed by atoms with Crippen molar-refractivity contribution >= 4 is 11.8 Å². The number of methoxy groups -OCH3 is 1. The summed E-state index contributed by atoms with van der Waals surface area (Å²) < 4.78 is 17.6. The molecule has 0 aliphatic carbocycles. The quantitative estimate of drug-likeness (QED) is 0.528. The van der Waals surface area contributed by atoms with Crippen molar-refractivity contribution in [1.82, 2.24) is 9.97 Å². The van der Waals surface area contributed by atoms with Crippen LogP contribution in [0.15, 0.2) is 42.6 Å². The van der Waals surface area contributed by atoms with Crippen LogP contribution >= 0.6 is 0 Å². The molecular formula is C24H30N4O3. The van der Waals surface area contributed by atoms with E-state index in [4.69, 9.17) is 25.7 Å². The minimum absolute atomic E-state index is 0.159. The van der Waals surface area contributed by atoms with Crippen LogP contribution in [0.4, 0.5) is 11.8 Å². The summed E-state index contributed by atoms with van der Waals surface area (Å²) in [5.74, 6) is 3.21. The molecular weight excluding hydrogens is 392 g/mol. The standard InChI is InChI=1S/C24H30N4O3/c1-5-30-20-11-16(10-18-13-27-24(26)28-23(18)25)12-21(31-14-15(2)3)22(20)17-6-8-19(29-4)9-7-17/h6-9,11-13,15H,5,10,14H2,1-4H3,(H4,25,26,27,28). The topological polar surface area (TPSA) is 106 Å². The summed E-state index contributed by atoms with van der Waals surface area (Å²) in [6.07, 6.45) is 2.19. The number of aromatic nitrogens is 2. The number of benzene rings is 2. The molecule has 0 fully saturated rings. The van der Waals surface area contributed by atoms with E-state index in [1.165, 1.54) is 0 Å². The highest BCUT2D eigenvalue weighted by Crippen LogP contribution is 2.41. The molecule has 0 atom stereocenters. The van der Waals surface area contributed by atoms with Crippen LogP contribution in [0.5, 0.6) is 17.2 Å². The molecule has 0 bridgehead atoms. The molecule has 4 N–H and O–H groups in total. The maximum absolute atomic E-state index is 6.23. The zero-order valence-electron chi connectivity index (χ0n) is 18.5. The Bertz CT molecular complexity index is 1020. The van der Waals surface area contributed by atoms with Gasteiger partial charge in [0.1, 0.15) is 23.1 Å². The zero-order chi connectivity index (χ0) is 22.4. The van der Waals surface area contributed by atoms with Gasteiger partial charge in [0.25, 0.3) is 0 Å². The van der Waals surface area contributed by atoms with Gasteiger partial charge in [-0.15, -0.1) is 0 Å². The number of hydrogen-bond acceptors (Lipinski definition) is 7. The molecule has 164 valence electrons. The van der Waals surface area contributed by atoms with Gasteiger partial charge >= 0.3 is 0 Å². The van der Waals surface area contributed by atoms with Crippen LogP contribution in [0.3, 0.4) is 0 Å². The van der Waals surface area contributed by atoms with Crippen molar-refractivity contribution < 1.29 is 14.2 Å². The monoisotopic (exact) mass is 422 g/mol.